The van der Waals surface area contributed by atoms with Crippen molar-refractivity contribution in [1.82, 2.24) is 19.7 Å². The number of carbonyl (C=O) groups is 1. The van der Waals surface area contributed by atoms with Crippen molar-refractivity contribution < 1.29 is 4.79 Å². The van der Waals surface area contributed by atoms with Crippen LogP contribution in [0.5, 0.6) is 0 Å². The normalized spacial score (nSPS) is 11.7. The Morgan fingerprint density at radius 2 is 1.56 bits per heavy atom. The average Bonchev–Trinajstić information content (AvgIpc) is 2.85. The van der Waals surface area contributed by atoms with Crippen LogP contribution in [0.4, 0.5) is 0 Å². The Morgan fingerprint density at radius 3 is 2.21 bits per heavy atom. The minimum Gasteiger partial charge on any atom is -0.344 e. The van der Waals surface area contributed by atoms with Gasteiger partial charge in [-0.2, -0.15) is 9.78 Å². The van der Waals surface area contributed by atoms with E-state index in [9.17, 15) is 14.4 Å². The van der Waals surface area contributed by atoms with Crippen molar-refractivity contribution in [1.29, 1.82) is 0 Å². The topological polar surface area (TPSA) is 86.0 Å². The third-order valence-electron chi connectivity index (χ3n) is 5.84. The third kappa shape index (κ3) is 4.73. The summed E-state index contributed by atoms with van der Waals surface area (Å²) in [5, 5.41) is 7.05. The van der Waals surface area contributed by atoms with Crippen LogP contribution in [0.15, 0.2) is 88.5 Å². The summed E-state index contributed by atoms with van der Waals surface area (Å²) in [6.45, 7) is 5.75. The molecule has 1 aromatic heterocycles. The molecule has 0 fully saturated rings. The number of rotatable bonds is 6. The predicted molar refractivity (Wildman–Crippen MR) is 131 cm³/mol. The summed E-state index contributed by atoms with van der Waals surface area (Å²) in [4.78, 5) is 39.8. The number of aromatic nitrogens is 3. The first-order valence-corrected chi connectivity index (χ1v) is 11.1. The molecule has 0 radical (unpaired) electrons. The Hall–Kier alpha value is -4.26. The summed E-state index contributed by atoms with van der Waals surface area (Å²) in [6.07, 6.45) is 0. The van der Waals surface area contributed by atoms with Gasteiger partial charge in [0.25, 0.3) is 11.5 Å². The van der Waals surface area contributed by atoms with Crippen LogP contribution < -0.4 is 16.6 Å². The summed E-state index contributed by atoms with van der Waals surface area (Å²) >= 11 is 0. The van der Waals surface area contributed by atoms with Gasteiger partial charge in [0.05, 0.1) is 18.3 Å². The lowest BCUT2D eigenvalue weighted by atomic mass is 10.1. The van der Waals surface area contributed by atoms with E-state index in [-0.39, 0.29) is 18.3 Å². The van der Waals surface area contributed by atoms with E-state index < -0.39 is 17.2 Å². The van der Waals surface area contributed by atoms with Crippen LogP contribution in [0.2, 0.25) is 0 Å². The van der Waals surface area contributed by atoms with Crippen LogP contribution in [-0.2, 0) is 6.54 Å². The second-order valence-electron chi connectivity index (χ2n) is 8.29. The summed E-state index contributed by atoms with van der Waals surface area (Å²) in [6, 6.07) is 23.7. The highest BCUT2D eigenvalue weighted by Crippen LogP contribution is 2.13. The maximum atomic E-state index is 13.3. The maximum absolute atomic E-state index is 13.3. The van der Waals surface area contributed by atoms with Crippen molar-refractivity contribution >= 4 is 5.91 Å². The van der Waals surface area contributed by atoms with E-state index >= 15 is 0 Å². The summed E-state index contributed by atoms with van der Waals surface area (Å²) in [5.74, 6) is -0.638. The van der Waals surface area contributed by atoms with E-state index in [1.807, 2.05) is 93.6 Å². The average molecular weight is 455 g/mol. The first-order chi connectivity index (χ1) is 16.3. The molecule has 3 aromatic carbocycles. The number of carbonyl (C=O) groups excluding carboxylic acids is 1. The quantitative estimate of drug-likeness (QED) is 0.483. The number of nitrogens with one attached hydrogen (secondary N) is 1. The van der Waals surface area contributed by atoms with Gasteiger partial charge in [0, 0.05) is 0 Å². The van der Waals surface area contributed by atoms with Gasteiger partial charge in [0.15, 0.2) is 0 Å². The Morgan fingerprint density at radius 1 is 0.912 bits per heavy atom. The molecule has 34 heavy (non-hydrogen) atoms. The standard InChI is InChI=1S/C27H26N4O3/c1-18-14-15-23(16-19(18)2)31-27(34)30(17-21-10-6-4-7-11-21)26(33)24(29-31)25(32)28-20(3)22-12-8-5-9-13-22/h4-16,20H,17H2,1-3H3,(H,28,32). The lowest BCUT2D eigenvalue weighted by molar-refractivity contribution is 0.0930. The molecule has 0 aliphatic carbocycles. The number of hydrogen-bond acceptors (Lipinski definition) is 4. The molecule has 0 aliphatic heterocycles. The second-order valence-corrected chi connectivity index (χ2v) is 8.29. The van der Waals surface area contributed by atoms with Crippen molar-refractivity contribution in [3.05, 3.63) is 128 Å². The number of benzene rings is 3. The van der Waals surface area contributed by atoms with Gasteiger partial charge in [-0.05, 0) is 55.2 Å². The largest absolute Gasteiger partial charge is 0.352 e. The van der Waals surface area contributed by atoms with Crippen molar-refractivity contribution in [2.75, 3.05) is 0 Å². The van der Waals surface area contributed by atoms with Crippen molar-refractivity contribution in [3.8, 4) is 5.69 Å². The molecule has 172 valence electrons. The van der Waals surface area contributed by atoms with Gasteiger partial charge in [0.2, 0.25) is 5.69 Å². The third-order valence-corrected chi connectivity index (χ3v) is 5.84. The molecule has 0 saturated heterocycles. The van der Waals surface area contributed by atoms with Crippen LogP contribution in [0.1, 0.15) is 45.7 Å². The predicted octanol–water partition coefficient (Wildman–Crippen LogP) is 3.55. The Kier molecular flexibility index (Phi) is 6.54. The van der Waals surface area contributed by atoms with E-state index in [0.29, 0.717) is 5.69 Å². The lowest BCUT2D eigenvalue weighted by Gasteiger charge is -2.16. The summed E-state index contributed by atoms with van der Waals surface area (Å²) in [7, 11) is 0. The Labute approximate surface area is 197 Å². The molecule has 4 rings (SSSR count). The Bertz CT molecular complexity index is 1440. The van der Waals surface area contributed by atoms with Gasteiger partial charge in [-0.25, -0.2) is 4.79 Å². The van der Waals surface area contributed by atoms with Gasteiger partial charge in [-0.3, -0.25) is 14.2 Å². The minimum absolute atomic E-state index is 0.0282. The zero-order chi connectivity index (χ0) is 24.2. The highest BCUT2D eigenvalue weighted by Gasteiger charge is 2.22. The van der Waals surface area contributed by atoms with Crippen LogP contribution in [0.25, 0.3) is 5.69 Å². The van der Waals surface area contributed by atoms with Gasteiger partial charge >= 0.3 is 5.69 Å². The fraction of sp³-hybridized carbons (Fsp3) is 0.185. The summed E-state index contributed by atoms with van der Waals surface area (Å²) in [5.41, 5.74) is 2.50. The van der Waals surface area contributed by atoms with Crippen LogP contribution >= 0.6 is 0 Å². The van der Waals surface area contributed by atoms with Gasteiger partial charge in [-0.15, -0.1) is 0 Å². The fourth-order valence-electron chi connectivity index (χ4n) is 3.68. The lowest BCUT2D eigenvalue weighted by Crippen LogP contribution is -2.46. The fourth-order valence-corrected chi connectivity index (χ4v) is 3.68. The van der Waals surface area contributed by atoms with Crippen LogP contribution in [0.3, 0.4) is 0 Å². The number of amides is 1. The number of hydrogen-bond donors (Lipinski definition) is 1. The molecule has 4 aromatic rings. The second kappa shape index (κ2) is 9.70. The molecular formula is C27H26N4O3. The molecular weight excluding hydrogens is 428 g/mol. The Balaban J connectivity index is 1.82. The highest BCUT2D eigenvalue weighted by molar-refractivity contribution is 5.92. The number of aryl methyl sites for hydroxylation is 2. The summed E-state index contributed by atoms with van der Waals surface area (Å²) < 4.78 is 2.18. The highest BCUT2D eigenvalue weighted by atomic mass is 16.2. The molecule has 0 bridgehead atoms. The molecule has 0 aliphatic rings. The molecule has 1 heterocycles. The van der Waals surface area contributed by atoms with E-state index in [2.05, 4.69) is 10.4 Å². The zero-order valence-electron chi connectivity index (χ0n) is 19.4. The smallest absolute Gasteiger partial charge is 0.344 e. The first kappa shape index (κ1) is 22.9. The first-order valence-electron chi connectivity index (χ1n) is 11.1. The minimum atomic E-state index is -0.730. The molecule has 7 heteroatoms. The monoisotopic (exact) mass is 454 g/mol. The van der Waals surface area contributed by atoms with Gasteiger partial charge in [0.1, 0.15) is 0 Å². The SMILES string of the molecule is Cc1ccc(-n2nc(C(=O)NC(C)c3ccccc3)c(=O)n(Cc3ccccc3)c2=O)cc1C. The van der Waals surface area contributed by atoms with Crippen molar-refractivity contribution in [2.24, 2.45) is 0 Å². The van der Waals surface area contributed by atoms with E-state index in [1.165, 1.54) is 0 Å². The molecule has 1 amide bonds. The molecule has 1 unspecified atom stereocenters. The van der Waals surface area contributed by atoms with Crippen molar-refractivity contribution in [2.45, 2.75) is 33.4 Å². The molecule has 0 saturated carbocycles. The maximum Gasteiger partial charge on any atom is 0.352 e. The van der Waals surface area contributed by atoms with Gasteiger partial charge < -0.3 is 5.32 Å². The van der Waals surface area contributed by atoms with Gasteiger partial charge in [-0.1, -0.05) is 66.7 Å². The molecule has 0 spiro atoms. The van der Waals surface area contributed by atoms with E-state index in [0.717, 1.165) is 31.5 Å². The van der Waals surface area contributed by atoms with E-state index in [1.54, 1.807) is 6.07 Å². The van der Waals surface area contributed by atoms with E-state index in [4.69, 9.17) is 0 Å². The van der Waals surface area contributed by atoms with Crippen LogP contribution in [-0.4, -0.2) is 20.3 Å². The molecule has 1 atom stereocenters. The molecule has 7 nitrogen and oxygen atoms in total. The zero-order valence-corrected chi connectivity index (χ0v) is 19.4. The van der Waals surface area contributed by atoms with Crippen molar-refractivity contribution in [3.63, 3.8) is 0 Å². The molecule has 1 N–H and O–H groups in total. The number of nitrogens with zero attached hydrogens (tertiary/aromatic N) is 3. The van der Waals surface area contributed by atoms with Crippen LogP contribution in [0, 0.1) is 13.8 Å².